The summed E-state index contributed by atoms with van der Waals surface area (Å²) in [4.78, 5) is 11.1. The average molecular weight is 184 g/mol. The van der Waals surface area contributed by atoms with Crippen molar-refractivity contribution in [2.24, 2.45) is 5.41 Å². The van der Waals surface area contributed by atoms with E-state index in [1.807, 2.05) is 13.8 Å². The summed E-state index contributed by atoms with van der Waals surface area (Å²) in [6.07, 6.45) is 1.34. The highest BCUT2D eigenvalue weighted by Gasteiger charge is 2.36. The van der Waals surface area contributed by atoms with Crippen molar-refractivity contribution in [1.29, 1.82) is 0 Å². The van der Waals surface area contributed by atoms with Crippen LogP contribution in [0.5, 0.6) is 0 Å². The predicted octanol–water partition coefficient (Wildman–Crippen LogP) is 1.27. The molecule has 3 nitrogen and oxygen atoms in total. The van der Waals surface area contributed by atoms with E-state index in [1.165, 1.54) is 6.08 Å². The Morgan fingerprint density at radius 3 is 2.85 bits per heavy atom. The topological polar surface area (TPSA) is 46.5 Å². The van der Waals surface area contributed by atoms with E-state index in [4.69, 9.17) is 4.74 Å². The molecule has 3 heteroatoms. The van der Waals surface area contributed by atoms with E-state index in [2.05, 4.69) is 6.58 Å². The molecule has 2 atom stereocenters. The zero-order valence-corrected chi connectivity index (χ0v) is 8.12. The van der Waals surface area contributed by atoms with Crippen molar-refractivity contribution in [3.63, 3.8) is 0 Å². The molecule has 1 aliphatic rings. The third-order valence-corrected chi connectivity index (χ3v) is 2.28. The molecule has 0 aliphatic carbocycles. The highest BCUT2D eigenvalue weighted by atomic mass is 16.6. The van der Waals surface area contributed by atoms with E-state index in [-0.39, 0.29) is 11.4 Å². The molecule has 0 spiro atoms. The van der Waals surface area contributed by atoms with Gasteiger partial charge in [-0.3, -0.25) is 4.79 Å². The van der Waals surface area contributed by atoms with E-state index in [9.17, 15) is 9.90 Å². The van der Waals surface area contributed by atoms with Crippen LogP contribution in [-0.2, 0) is 9.53 Å². The largest absolute Gasteiger partial charge is 0.459 e. The highest BCUT2D eigenvalue weighted by molar-refractivity contribution is 5.71. The first-order valence-corrected chi connectivity index (χ1v) is 4.45. The predicted molar refractivity (Wildman–Crippen MR) is 49.1 cm³/mol. The quantitative estimate of drug-likeness (QED) is 0.519. The molecule has 0 bridgehead atoms. The van der Waals surface area contributed by atoms with Gasteiger partial charge in [-0.05, 0) is 11.8 Å². The molecule has 0 amide bonds. The zero-order valence-electron chi connectivity index (χ0n) is 8.12. The van der Waals surface area contributed by atoms with Gasteiger partial charge in [0.25, 0.3) is 0 Å². The van der Waals surface area contributed by atoms with Gasteiger partial charge in [0.1, 0.15) is 12.2 Å². The minimum Gasteiger partial charge on any atom is -0.459 e. The standard InChI is InChI=1S/C10H16O3/c1-4-7(11)8-5-10(2,3)6-9(12)13-8/h4,7-8,11H,1,5-6H2,2-3H3/t7-,8?/m1/s1. The lowest BCUT2D eigenvalue weighted by Gasteiger charge is -2.35. The summed E-state index contributed by atoms with van der Waals surface area (Å²) in [6, 6.07) is 0. The monoisotopic (exact) mass is 184 g/mol. The molecule has 0 saturated carbocycles. The summed E-state index contributed by atoms with van der Waals surface area (Å²) < 4.78 is 5.01. The molecule has 1 saturated heterocycles. The molecule has 0 aromatic carbocycles. The van der Waals surface area contributed by atoms with E-state index < -0.39 is 12.2 Å². The van der Waals surface area contributed by atoms with Crippen molar-refractivity contribution in [2.75, 3.05) is 0 Å². The summed E-state index contributed by atoms with van der Waals surface area (Å²) in [6.45, 7) is 7.46. The lowest BCUT2D eigenvalue weighted by atomic mass is 9.80. The number of aliphatic hydroxyl groups excluding tert-OH is 1. The summed E-state index contributed by atoms with van der Waals surface area (Å²) in [5.41, 5.74) is -0.0794. The molecule has 1 rings (SSSR count). The van der Waals surface area contributed by atoms with Crippen molar-refractivity contribution >= 4 is 5.97 Å². The Labute approximate surface area is 78.4 Å². The van der Waals surface area contributed by atoms with Crippen LogP contribution in [0.3, 0.4) is 0 Å². The molecule has 0 aromatic rings. The van der Waals surface area contributed by atoms with Gasteiger partial charge in [-0.25, -0.2) is 0 Å². The van der Waals surface area contributed by atoms with Gasteiger partial charge < -0.3 is 9.84 Å². The maximum atomic E-state index is 11.1. The van der Waals surface area contributed by atoms with Crippen LogP contribution in [0.25, 0.3) is 0 Å². The number of aliphatic hydroxyl groups is 1. The van der Waals surface area contributed by atoms with E-state index >= 15 is 0 Å². The van der Waals surface area contributed by atoms with Gasteiger partial charge in [-0.2, -0.15) is 0 Å². The normalized spacial score (nSPS) is 29.2. The first-order chi connectivity index (χ1) is 5.94. The second kappa shape index (κ2) is 3.50. The van der Waals surface area contributed by atoms with Crippen molar-refractivity contribution in [3.8, 4) is 0 Å². The van der Waals surface area contributed by atoms with Gasteiger partial charge >= 0.3 is 5.97 Å². The fourth-order valence-corrected chi connectivity index (χ4v) is 1.60. The number of hydrogen-bond acceptors (Lipinski definition) is 3. The Hall–Kier alpha value is -0.830. The number of rotatable bonds is 2. The lowest BCUT2D eigenvalue weighted by molar-refractivity contribution is -0.166. The van der Waals surface area contributed by atoms with Crippen LogP contribution in [-0.4, -0.2) is 23.3 Å². The van der Waals surface area contributed by atoms with E-state index in [1.54, 1.807) is 0 Å². The van der Waals surface area contributed by atoms with Gasteiger partial charge in [-0.1, -0.05) is 19.9 Å². The SMILES string of the molecule is C=C[C@@H](O)C1CC(C)(C)CC(=O)O1. The zero-order chi connectivity index (χ0) is 10.1. The molecule has 0 aromatic heterocycles. The summed E-state index contributed by atoms with van der Waals surface area (Å²) >= 11 is 0. The van der Waals surface area contributed by atoms with Gasteiger partial charge in [0.15, 0.2) is 0 Å². The minimum atomic E-state index is -0.747. The number of esters is 1. The number of ether oxygens (including phenoxy) is 1. The van der Waals surface area contributed by atoms with Crippen LogP contribution >= 0.6 is 0 Å². The van der Waals surface area contributed by atoms with Crippen LogP contribution in [0.15, 0.2) is 12.7 Å². The van der Waals surface area contributed by atoms with Crippen molar-refractivity contribution in [2.45, 2.75) is 38.9 Å². The van der Waals surface area contributed by atoms with Crippen molar-refractivity contribution in [3.05, 3.63) is 12.7 Å². The maximum absolute atomic E-state index is 11.1. The number of hydrogen-bond donors (Lipinski definition) is 1. The van der Waals surface area contributed by atoms with Crippen LogP contribution in [0, 0.1) is 5.41 Å². The van der Waals surface area contributed by atoms with Crippen molar-refractivity contribution in [1.82, 2.24) is 0 Å². The summed E-state index contributed by atoms with van der Waals surface area (Å²) in [5.74, 6) is -0.234. The first kappa shape index (κ1) is 10.3. The van der Waals surface area contributed by atoms with Gasteiger partial charge in [0, 0.05) is 0 Å². The second-order valence-electron chi connectivity index (χ2n) is 4.30. The van der Waals surface area contributed by atoms with Crippen LogP contribution in [0.4, 0.5) is 0 Å². The molecule has 1 heterocycles. The second-order valence-corrected chi connectivity index (χ2v) is 4.30. The minimum absolute atomic E-state index is 0.0794. The van der Waals surface area contributed by atoms with Gasteiger partial charge in [0.05, 0.1) is 6.42 Å². The van der Waals surface area contributed by atoms with Gasteiger partial charge in [0.2, 0.25) is 0 Å². The Morgan fingerprint density at radius 2 is 2.38 bits per heavy atom. The number of cyclic esters (lactones) is 1. The van der Waals surface area contributed by atoms with Gasteiger partial charge in [-0.15, -0.1) is 6.58 Å². The summed E-state index contributed by atoms with van der Waals surface area (Å²) in [7, 11) is 0. The fourth-order valence-electron chi connectivity index (χ4n) is 1.60. The Bertz CT molecular complexity index is 220. The molecule has 1 unspecified atom stereocenters. The molecule has 13 heavy (non-hydrogen) atoms. The van der Waals surface area contributed by atoms with Crippen molar-refractivity contribution < 1.29 is 14.6 Å². The Balaban J connectivity index is 2.68. The molecule has 1 N–H and O–H groups in total. The molecular formula is C10H16O3. The van der Waals surface area contributed by atoms with Crippen LogP contribution in [0.1, 0.15) is 26.7 Å². The molecule has 74 valence electrons. The third-order valence-electron chi connectivity index (χ3n) is 2.28. The number of carbonyl (C=O) groups is 1. The highest BCUT2D eigenvalue weighted by Crippen LogP contribution is 2.34. The first-order valence-electron chi connectivity index (χ1n) is 4.45. The average Bonchev–Trinajstić information content (AvgIpc) is 1.99. The molecule has 0 radical (unpaired) electrons. The number of carbonyl (C=O) groups excluding carboxylic acids is 1. The van der Waals surface area contributed by atoms with Crippen LogP contribution in [0.2, 0.25) is 0 Å². The molecular weight excluding hydrogens is 168 g/mol. The van der Waals surface area contributed by atoms with E-state index in [0.717, 1.165) is 0 Å². The van der Waals surface area contributed by atoms with E-state index in [0.29, 0.717) is 12.8 Å². The molecule has 1 aliphatic heterocycles. The summed E-state index contributed by atoms with van der Waals surface area (Å²) in [5, 5.41) is 9.44. The lowest BCUT2D eigenvalue weighted by Crippen LogP contribution is -2.40. The maximum Gasteiger partial charge on any atom is 0.306 e. The molecule has 1 fully saturated rings. The third kappa shape index (κ3) is 2.56. The fraction of sp³-hybridized carbons (Fsp3) is 0.700. The Morgan fingerprint density at radius 1 is 1.77 bits per heavy atom. The van der Waals surface area contributed by atoms with Crippen LogP contribution < -0.4 is 0 Å². The smallest absolute Gasteiger partial charge is 0.306 e. The Kier molecular flexibility index (Phi) is 2.76.